The molecule has 2 aliphatic carbocycles. The molecule has 3 rings (SSSR count). The molecule has 1 aromatic rings. The molecule has 2 saturated carbocycles. The molecule has 0 spiro atoms. The van der Waals surface area contributed by atoms with Crippen LogP contribution in [0.2, 0.25) is 0 Å². The third-order valence-corrected chi connectivity index (χ3v) is 5.74. The zero-order chi connectivity index (χ0) is 14.7. The van der Waals surface area contributed by atoms with Crippen LogP contribution in [0.4, 0.5) is 0 Å². The fourth-order valence-corrected chi connectivity index (χ4v) is 3.71. The van der Waals surface area contributed by atoms with Crippen LogP contribution in [0.5, 0.6) is 0 Å². The number of guanidine groups is 1. The van der Waals surface area contributed by atoms with E-state index < -0.39 is 0 Å². The summed E-state index contributed by atoms with van der Waals surface area (Å²) in [5.74, 6) is 1.93. The van der Waals surface area contributed by atoms with Crippen LogP contribution in [0.1, 0.15) is 49.4 Å². The van der Waals surface area contributed by atoms with Gasteiger partial charge in [-0.05, 0) is 50.4 Å². The summed E-state index contributed by atoms with van der Waals surface area (Å²) in [6.07, 6.45) is 8.71. The molecular weight excluding hydrogens is 407 g/mol. The molecule has 2 aliphatic rings. The average Bonchev–Trinajstić information content (AvgIpc) is 3.40. The predicted octanol–water partition coefficient (Wildman–Crippen LogP) is 3.57. The van der Waals surface area contributed by atoms with Crippen molar-refractivity contribution < 1.29 is 0 Å². The summed E-state index contributed by atoms with van der Waals surface area (Å²) >= 11 is 1.77. The first-order chi connectivity index (χ1) is 10.3. The standard InChI is InChI=1S/C16H26N4S.HI/c1-3-13-9-18-14(21-13)10-19-15(17-4-2)20-11-16(7-8-16)12-5-6-12;/h9,12H,3-8,10-11H2,1-2H3,(H2,17,19,20);1H. The molecule has 0 bridgehead atoms. The molecule has 22 heavy (non-hydrogen) atoms. The van der Waals surface area contributed by atoms with Crippen molar-refractivity contribution in [2.75, 3.05) is 13.1 Å². The SMILES string of the molecule is CCNC(=NCc1ncc(CC)s1)NCC1(C2CC2)CC1.I. The van der Waals surface area contributed by atoms with E-state index >= 15 is 0 Å². The third-order valence-electron chi connectivity index (χ3n) is 4.61. The monoisotopic (exact) mass is 434 g/mol. The van der Waals surface area contributed by atoms with Crippen molar-refractivity contribution in [3.05, 3.63) is 16.1 Å². The van der Waals surface area contributed by atoms with E-state index in [1.807, 2.05) is 6.20 Å². The van der Waals surface area contributed by atoms with E-state index in [4.69, 9.17) is 0 Å². The maximum Gasteiger partial charge on any atom is 0.191 e. The number of aryl methyl sites for hydroxylation is 1. The van der Waals surface area contributed by atoms with Gasteiger partial charge in [0.25, 0.3) is 0 Å². The van der Waals surface area contributed by atoms with Crippen molar-refractivity contribution in [2.45, 2.75) is 52.5 Å². The van der Waals surface area contributed by atoms with Crippen molar-refractivity contribution in [2.24, 2.45) is 16.3 Å². The normalized spacial score (nSPS) is 19.5. The second-order valence-corrected chi connectivity index (χ2v) is 7.46. The Hall–Kier alpha value is -0.370. The number of hydrogen-bond donors (Lipinski definition) is 2. The van der Waals surface area contributed by atoms with E-state index in [0.717, 1.165) is 36.4 Å². The highest BCUT2D eigenvalue weighted by molar-refractivity contribution is 14.0. The molecule has 0 unspecified atom stereocenters. The second-order valence-electron chi connectivity index (χ2n) is 6.26. The third kappa shape index (κ3) is 4.57. The van der Waals surface area contributed by atoms with Gasteiger partial charge < -0.3 is 10.6 Å². The number of aromatic nitrogens is 1. The van der Waals surface area contributed by atoms with Crippen molar-refractivity contribution in [1.82, 2.24) is 15.6 Å². The van der Waals surface area contributed by atoms with Crippen LogP contribution in [0, 0.1) is 11.3 Å². The van der Waals surface area contributed by atoms with Crippen LogP contribution in [0.15, 0.2) is 11.2 Å². The Balaban J connectivity index is 0.00000176. The summed E-state index contributed by atoms with van der Waals surface area (Å²) in [7, 11) is 0. The summed E-state index contributed by atoms with van der Waals surface area (Å²) in [4.78, 5) is 10.5. The molecule has 0 radical (unpaired) electrons. The maximum absolute atomic E-state index is 4.68. The largest absolute Gasteiger partial charge is 0.357 e. The molecule has 0 amide bonds. The molecule has 124 valence electrons. The summed E-state index contributed by atoms with van der Waals surface area (Å²) < 4.78 is 0. The lowest BCUT2D eigenvalue weighted by Crippen LogP contribution is -2.40. The van der Waals surface area contributed by atoms with Gasteiger partial charge in [0, 0.05) is 24.2 Å². The Morgan fingerprint density at radius 2 is 2.14 bits per heavy atom. The van der Waals surface area contributed by atoms with Crippen LogP contribution in [0.3, 0.4) is 0 Å². The second kappa shape index (κ2) is 7.95. The van der Waals surface area contributed by atoms with E-state index in [1.165, 1.54) is 30.6 Å². The number of halogens is 1. The van der Waals surface area contributed by atoms with E-state index in [9.17, 15) is 0 Å². The molecule has 6 heteroatoms. The molecule has 0 aliphatic heterocycles. The van der Waals surface area contributed by atoms with Crippen LogP contribution < -0.4 is 10.6 Å². The molecule has 2 fully saturated rings. The lowest BCUT2D eigenvalue weighted by molar-refractivity contribution is 0.431. The molecule has 1 heterocycles. The predicted molar refractivity (Wildman–Crippen MR) is 104 cm³/mol. The maximum atomic E-state index is 4.68. The molecule has 0 aromatic carbocycles. The Morgan fingerprint density at radius 3 is 2.68 bits per heavy atom. The minimum atomic E-state index is 0. The van der Waals surface area contributed by atoms with Gasteiger partial charge in [-0.3, -0.25) is 0 Å². The van der Waals surface area contributed by atoms with Crippen LogP contribution in [-0.4, -0.2) is 24.0 Å². The van der Waals surface area contributed by atoms with Crippen LogP contribution in [-0.2, 0) is 13.0 Å². The average molecular weight is 434 g/mol. The Labute approximate surface area is 154 Å². The van der Waals surface area contributed by atoms with Gasteiger partial charge in [-0.25, -0.2) is 9.98 Å². The number of rotatable bonds is 7. The highest BCUT2D eigenvalue weighted by Crippen LogP contribution is 2.60. The van der Waals surface area contributed by atoms with Crippen LogP contribution in [0.25, 0.3) is 0 Å². The van der Waals surface area contributed by atoms with E-state index in [0.29, 0.717) is 12.0 Å². The summed E-state index contributed by atoms with van der Waals surface area (Å²) in [6, 6.07) is 0. The Bertz CT molecular complexity index is 506. The van der Waals surface area contributed by atoms with E-state index in [1.54, 1.807) is 11.3 Å². The van der Waals surface area contributed by atoms with Gasteiger partial charge in [0.2, 0.25) is 0 Å². The first-order valence-corrected chi connectivity index (χ1v) is 9.03. The van der Waals surface area contributed by atoms with E-state index in [2.05, 4.69) is 34.5 Å². The zero-order valence-electron chi connectivity index (χ0n) is 13.5. The first kappa shape index (κ1) is 18.0. The summed E-state index contributed by atoms with van der Waals surface area (Å²) in [6.45, 7) is 6.95. The van der Waals surface area contributed by atoms with Crippen molar-refractivity contribution in [3.63, 3.8) is 0 Å². The van der Waals surface area contributed by atoms with Gasteiger partial charge in [-0.2, -0.15) is 0 Å². The zero-order valence-corrected chi connectivity index (χ0v) is 16.7. The highest BCUT2D eigenvalue weighted by atomic mass is 127. The minimum absolute atomic E-state index is 0. The Kier molecular flexibility index (Phi) is 6.49. The number of thiazole rings is 1. The van der Waals surface area contributed by atoms with E-state index in [-0.39, 0.29) is 24.0 Å². The number of nitrogens with one attached hydrogen (secondary N) is 2. The van der Waals surface area contributed by atoms with Gasteiger partial charge >= 0.3 is 0 Å². The number of hydrogen-bond acceptors (Lipinski definition) is 3. The quantitative estimate of drug-likeness (QED) is 0.392. The highest BCUT2D eigenvalue weighted by Gasteiger charge is 2.53. The fraction of sp³-hybridized carbons (Fsp3) is 0.750. The number of aliphatic imine (C=N–C) groups is 1. The van der Waals surface area contributed by atoms with Crippen molar-refractivity contribution >= 4 is 41.3 Å². The van der Waals surface area contributed by atoms with Crippen molar-refractivity contribution in [3.8, 4) is 0 Å². The van der Waals surface area contributed by atoms with Crippen LogP contribution >= 0.6 is 35.3 Å². The van der Waals surface area contributed by atoms with Gasteiger partial charge in [-0.15, -0.1) is 35.3 Å². The molecule has 0 atom stereocenters. The number of nitrogens with zero attached hydrogens (tertiary/aromatic N) is 2. The van der Waals surface area contributed by atoms with Gasteiger partial charge in [0.1, 0.15) is 5.01 Å². The van der Waals surface area contributed by atoms with Gasteiger partial charge in [-0.1, -0.05) is 6.92 Å². The first-order valence-electron chi connectivity index (χ1n) is 8.21. The molecule has 2 N–H and O–H groups in total. The lowest BCUT2D eigenvalue weighted by Gasteiger charge is -2.17. The summed E-state index contributed by atoms with van der Waals surface area (Å²) in [5.41, 5.74) is 0.604. The molecular formula is C16H27IN4S. The Morgan fingerprint density at radius 1 is 1.36 bits per heavy atom. The summed E-state index contributed by atoms with van der Waals surface area (Å²) in [5, 5.41) is 8.00. The molecule has 4 nitrogen and oxygen atoms in total. The lowest BCUT2D eigenvalue weighted by atomic mass is 10.0. The topological polar surface area (TPSA) is 49.3 Å². The minimum Gasteiger partial charge on any atom is -0.357 e. The van der Waals surface area contributed by atoms with Gasteiger partial charge in [0.05, 0.1) is 6.54 Å². The molecule has 1 aromatic heterocycles. The smallest absolute Gasteiger partial charge is 0.191 e. The molecule has 0 saturated heterocycles. The van der Waals surface area contributed by atoms with Crippen molar-refractivity contribution in [1.29, 1.82) is 0 Å². The van der Waals surface area contributed by atoms with Gasteiger partial charge in [0.15, 0.2) is 5.96 Å². The fourth-order valence-electron chi connectivity index (χ4n) is 2.92.